The lowest BCUT2D eigenvalue weighted by atomic mass is 9.80. The van der Waals surface area contributed by atoms with Crippen molar-refractivity contribution in [3.63, 3.8) is 0 Å². The Morgan fingerprint density at radius 1 is 1.11 bits per heavy atom. The van der Waals surface area contributed by atoms with Gasteiger partial charge < -0.3 is 19.5 Å². The Morgan fingerprint density at radius 3 is 2.51 bits per heavy atom. The van der Waals surface area contributed by atoms with Gasteiger partial charge in [-0.2, -0.15) is 22.0 Å². The van der Waals surface area contributed by atoms with Gasteiger partial charge in [-0.05, 0) is 60.0 Å². The van der Waals surface area contributed by atoms with Crippen LogP contribution in [0.1, 0.15) is 18.4 Å². The van der Waals surface area contributed by atoms with Gasteiger partial charge in [-0.25, -0.2) is 12.8 Å². The van der Waals surface area contributed by atoms with E-state index in [1.54, 1.807) is 0 Å². The van der Waals surface area contributed by atoms with Crippen molar-refractivity contribution in [1.29, 1.82) is 0 Å². The number of esters is 1. The van der Waals surface area contributed by atoms with E-state index in [0.717, 1.165) is 41.7 Å². The average Bonchev–Trinajstić information content (AvgIpc) is 3.35. The Morgan fingerprint density at radius 2 is 1.87 bits per heavy atom. The van der Waals surface area contributed by atoms with Gasteiger partial charge in [-0.15, -0.1) is 0 Å². The van der Waals surface area contributed by atoms with E-state index in [4.69, 9.17) is 9.47 Å². The number of alkyl halides is 5. The summed E-state index contributed by atoms with van der Waals surface area (Å²) in [5, 5.41) is 2.55. The zero-order valence-electron chi connectivity index (χ0n) is 23.2. The molecular formula is C29H24F6N2O7S. The molecule has 0 bridgehead atoms. The number of nitrogens with one attached hydrogen (secondary N) is 1. The lowest BCUT2D eigenvalue weighted by Gasteiger charge is -2.38. The first-order valence-electron chi connectivity index (χ1n) is 13.3. The minimum absolute atomic E-state index is 0.0132. The number of methoxy groups -OCH3 is 1. The van der Waals surface area contributed by atoms with Crippen molar-refractivity contribution in [2.75, 3.05) is 24.5 Å². The Labute approximate surface area is 252 Å². The molecule has 2 heterocycles. The zero-order valence-corrected chi connectivity index (χ0v) is 24.1. The standard InChI is InChI=1S/C29H24F6N2O7S/c1-42-26(39)28(7-8-36-25(28)38)14-21-15-37(45(40,41)22-4-2-3-18(12-22)29(33,34)35)23-11-16(5-6-24(23)43-21)17-9-19(30)13-20(10-17)44-27(31)32/h2-6,9-13,21,27H,7-8,14-15H2,1H3,(H,36,38)/t21-,28?/m0/s1. The number of amides is 1. The molecule has 0 spiro atoms. The highest BCUT2D eigenvalue weighted by Crippen LogP contribution is 2.44. The van der Waals surface area contributed by atoms with Crippen LogP contribution >= 0.6 is 0 Å². The number of sulfonamides is 1. The van der Waals surface area contributed by atoms with Gasteiger partial charge in [0, 0.05) is 19.0 Å². The summed E-state index contributed by atoms with van der Waals surface area (Å²) in [5.74, 6) is -3.06. The molecule has 240 valence electrons. The SMILES string of the molecule is COC(=O)C1(C[C@H]2CN(S(=O)(=O)c3cccc(C(F)(F)F)c3)c3cc(-c4cc(F)cc(OC(F)F)c4)ccc3O2)CCNC1=O. The molecule has 5 rings (SSSR count). The van der Waals surface area contributed by atoms with Gasteiger partial charge in [-0.1, -0.05) is 12.1 Å². The third-order valence-electron chi connectivity index (χ3n) is 7.49. The zero-order chi connectivity index (χ0) is 32.7. The molecule has 0 aliphatic carbocycles. The Kier molecular flexibility index (Phi) is 8.37. The number of hydrogen-bond donors (Lipinski definition) is 1. The van der Waals surface area contributed by atoms with Crippen LogP contribution in [0.2, 0.25) is 0 Å². The Bertz CT molecular complexity index is 1750. The van der Waals surface area contributed by atoms with Crippen molar-refractivity contribution in [3.05, 3.63) is 72.0 Å². The molecule has 0 saturated carbocycles. The van der Waals surface area contributed by atoms with Crippen molar-refractivity contribution in [3.8, 4) is 22.6 Å². The second-order valence-corrected chi connectivity index (χ2v) is 12.2. The molecule has 1 amide bonds. The van der Waals surface area contributed by atoms with E-state index in [9.17, 15) is 44.3 Å². The van der Waals surface area contributed by atoms with Crippen LogP contribution in [0.3, 0.4) is 0 Å². The second kappa shape index (κ2) is 11.8. The molecule has 0 aromatic heterocycles. The molecule has 1 fully saturated rings. The normalized spacial score (nSPS) is 20.0. The van der Waals surface area contributed by atoms with Gasteiger partial charge >= 0.3 is 18.8 Å². The van der Waals surface area contributed by atoms with E-state index in [-0.39, 0.29) is 42.0 Å². The summed E-state index contributed by atoms with van der Waals surface area (Å²) < 4.78 is 124. The van der Waals surface area contributed by atoms with Gasteiger partial charge in [0.2, 0.25) is 5.91 Å². The second-order valence-electron chi connectivity index (χ2n) is 10.3. The summed E-state index contributed by atoms with van der Waals surface area (Å²) >= 11 is 0. The summed E-state index contributed by atoms with van der Waals surface area (Å²) in [6.07, 6.45) is -6.33. The van der Waals surface area contributed by atoms with Crippen molar-refractivity contribution in [2.24, 2.45) is 5.41 Å². The first kappa shape index (κ1) is 31.9. The molecule has 0 radical (unpaired) electrons. The Balaban J connectivity index is 1.62. The van der Waals surface area contributed by atoms with Crippen LogP contribution in [0.25, 0.3) is 11.1 Å². The largest absolute Gasteiger partial charge is 0.486 e. The van der Waals surface area contributed by atoms with Crippen LogP contribution in [0.5, 0.6) is 11.5 Å². The highest BCUT2D eigenvalue weighted by Gasteiger charge is 2.53. The number of halogens is 6. The van der Waals surface area contributed by atoms with Gasteiger partial charge in [0.05, 0.1) is 29.8 Å². The highest BCUT2D eigenvalue weighted by molar-refractivity contribution is 7.92. The molecule has 2 aliphatic rings. The molecule has 2 aliphatic heterocycles. The van der Waals surface area contributed by atoms with Gasteiger partial charge in [0.1, 0.15) is 23.4 Å². The molecule has 1 saturated heterocycles. The van der Waals surface area contributed by atoms with Crippen molar-refractivity contribution in [2.45, 2.75) is 36.6 Å². The van der Waals surface area contributed by atoms with Crippen LogP contribution < -0.4 is 19.1 Å². The summed E-state index contributed by atoms with van der Waals surface area (Å²) in [7, 11) is -3.69. The molecular weight excluding hydrogens is 634 g/mol. The van der Waals surface area contributed by atoms with Gasteiger partial charge in [-0.3, -0.25) is 13.9 Å². The van der Waals surface area contributed by atoms with E-state index < -0.39 is 74.8 Å². The van der Waals surface area contributed by atoms with Gasteiger partial charge in [0.15, 0.2) is 5.41 Å². The average molecular weight is 659 g/mol. The summed E-state index contributed by atoms with van der Waals surface area (Å²) in [4.78, 5) is 24.8. The van der Waals surface area contributed by atoms with Crippen LogP contribution in [-0.2, 0) is 30.5 Å². The van der Waals surface area contributed by atoms with Crippen LogP contribution in [0, 0.1) is 11.2 Å². The molecule has 16 heteroatoms. The van der Waals surface area contributed by atoms with Crippen molar-refractivity contribution < 1.29 is 58.6 Å². The minimum Gasteiger partial charge on any atom is -0.486 e. The quantitative estimate of drug-likeness (QED) is 0.203. The number of hydrogen-bond acceptors (Lipinski definition) is 7. The number of anilines is 1. The fraction of sp³-hybridized carbons (Fsp3) is 0.310. The van der Waals surface area contributed by atoms with Crippen molar-refractivity contribution >= 4 is 27.6 Å². The summed E-state index contributed by atoms with van der Waals surface area (Å²) in [6.45, 7) is -3.67. The maximum absolute atomic E-state index is 14.3. The smallest absolute Gasteiger partial charge is 0.416 e. The minimum atomic E-state index is -4.86. The maximum atomic E-state index is 14.3. The molecule has 3 aromatic carbocycles. The number of rotatable bonds is 8. The summed E-state index contributed by atoms with van der Waals surface area (Å²) in [5.41, 5.74) is -2.98. The molecule has 9 nitrogen and oxygen atoms in total. The van der Waals surface area contributed by atoms with Crippen LogP contribution in [0.4, 0.5) is 32.0 Å². The third-order valence-corrected chi connectivity index (χ3v) is 9.27. The highest BCUT2D eigenvalue weighted by atomic mass is 32.2. The van der Waals surface area contributed by atoms with E-state index in [1.807, 2.05) is 0 Å². The van der Waals surface area contributed by atoms with E-state index in [1.165, 1.54) is 18.2 Å². The molecule has 1 N–H and O–H groups in total. The van der Waals surface area contributed by atoms with E-state index >= 15 is 0 Å². The number of carbonyl (C=O) groups is 2. The molecule has 1 unspecified atom stereocenters. The number of fused-ring (bicyclic) bond motifs is 1. The predicted molar refractivity (Wildman–Crippen MR) is 146 cm³/mol. The first-order valence-corrected chi connectivity index (χ1v) is 14.7. The van der Waals surface area contributed by atoms with Crippen molar-refractivity contribution in [1.82, 2.24) is 5.32 Å². The van der Waals surface area contributed by atoms with Crippen LogP contribution in [-0.4, -0.2) is 53.2 Å². The van der Waals surface area contributed by atoms with Crippen LogP contribution in [0.15, 0.2) is 65.6 Å². The number of ether oxygens (including phenoxy) is 3. The van der Waals surface area contributed by atoms with E-state index in [2.05, 4.69) is 10.1 Å². The first-order chi connectivity index (χ1) is 21.1. The molecule has 2 atom stereocenters. The van der Waals surface area contributed by atoms with Gasteiger partial charge in [0.25, 0.3) is 10.0 Å². The molecule has 45 heavy (non-hydrogen) atoms. The summed E-state index contributed by atoms with van der Waals surface area (Å²) in [6, 6.07) is 9.76. The fourth-order valence-electron chi connectivity index (χ4n) is 5.41. The number of benzene rings is 3. The predicted octanol–water partition coefficient (Wildman–Crippen LogP) is 5.14. The lowest BCUT2D eigenvalue weighted by molar-refractivity contribution is -0.158. The fourth-order valence-corrected chi connectivity index (χ4v) is 6.96. The number of carbonyl (C=O) groups excluding carboxylic acids is 2. The monoisotopic (exact) mass is 658 g/mol. The topological polar surface area (TPSA) is 111 Å². The third kappa shape index (κ3) is 6.23. The maximum Gasteiger partial charge on any atom is 0.416 e. The van der Waals surface area contributed by atoms with E-state index in [0.29, 0.717) is 12.1 Å². The number of nitrogens with zero attached hydrogens (tertiary/aromatic N) is 1. The Hall–Kier alpha value is -4.47. The lowest BCUT2D eigenvalue weighted by Crippen LogP contribution is -2.49. The molecule has 3 aromatic rings.